The number of aromatic nitrogens is 2. The van der Waals surface area contributed by atoms with E-state index in [1.807, 2.05) is 0 Å². The topological polar surface area (TPSA) is 31.0 Å². The van der Waals surface area contributed by atoms with E-state index in [0.29, 0.717) is 0 Å². The van der Waals surface area contributed by atoms with E-state index in [0.717, 1.165) is 44.1 Å². The third kappa shape index (κ3) is 5.30. The number of benzene rings is 9. The van der Waals surface area contributed by atoms with Crippen molar-refractivity contribution in [3.63, 3.8) is 0 Å². The maximum Gasteiger partial charge on any atom is 0.207 e. The molecule has 12 aromatic rings. The molecule has 0 N–H and O–H groups in total. The zero-order valence-electron chi connectivity index (χ0n) is 35.2. The number of hydrogen-bond acceptors (Lipinski definition) is 2. The van der Waals surface area contributed by atoms with Crippen LogP contribution in [0, 0.1) is 6.92 Å². The standard InChI is InChI=1S/C60H40N2OSi/c1-39-32-35-56-53(36-39)50-28-14-16-30-55(50)62(56)58-38-54-51-29-15-17-31-57(51)63-59(54)60(61-58)64(40-18-4-2-5-19-40,41-20-6-3-7-21-41)42-33-34-49-47-26-11-10-24-45(47)43-22-8-9-23-44(43)46-25-12-13-27-48(46)52(49)37-42/h2-38H,1H3. The van der Waals surface area contributed by atoms with Crippen molar-refractivity contribution in [2.45, 2.75) is 6.92 Å². The Balaban J connectivity index is 1.21. The molecule has 300 valence electrons. The first-order chi connectivity index (χ1) is 31.7. The van der Waals surface area contributed by atoms with Gasteiger partial charge in [-0.3, -0.25) is 4.57 Å². The first kappa shape index (κ1) is 36.6. The SMILES string of the molecule is Cc1ccc2c(c1)c1ccccc1n2-c1cc2c(oc3ccccc32)c([Si](c2ccccc2)(c2ccccc2)c2ccc3c(c2)-c2ccccc2-c2ccccc2-c2ccccc2-3)n1. The molecule has 1 aliphatic rings. The highest BCUT2D eigenvalue weighted by Crippen LogP contribution is 2.47. The van der Waals surface area contributed by atoms with Crippen LogP contribution < -0.4 is 20.9 Å². The summed E-state index contributed by atoms with van der Waals surface area (Å²) in [6.45, 7) is 2.17. The molecule has 13 rings (SSSR count). The minimum Gasteiger partial charge on any atom is -0.455 e. The highest BCUT2D eigenvalue weighted by molar-refractivity contribution is 7.20. The number of pyridine rings is 1. The summed E-state index contributed by atoms with van der Waals surface area (Å²) in [7, 11) is -3.41. The number of nitrogens with zero attached hydrogens (tertiary/aromatic N) is 2. The Bertz CT molecular complexity index is 3760. The van der Waals surface area contributed by atoms with Gasteiger partial charge in [-0.15, -0.1) is 0 Å². The van der Waals surface area contributed by atoms with Crippen molar-refractivity contribution in [1.29, 1.82) is 0 Å². The lowest BCUT2D eigenvalue weighted by atomic mass is 9.81. The summed E-state index contributed by atoms with van der Waals surface area (Å²) in [5.41, 5.74) is 14.9. The van der Waals surface area contributed by atoms with Crippen LogP contribution in [0.3, 0.4) is 0 Å². The van der Waals surface area contributed by atoms with Crippen molar-refractivity contribution < 1.29 is 4.42 Å². The average Bonchev–Trinajstić information content (AvgIpc) is 3.90. The molecule has 0 saturated carbocycles. The number of furan rings is 1. The highest BCUT2D eigenvalue weighted by Gasteiger charge is 2.46. The van der Waals surface area contributed by atoms with Crippen LogP contribution in [0.4, 0.5) is 0 Å². The zero-order chi connectivity index (χ0) is 42.4. The van der Waals surface area contributed by atoms with Crippen LogP contribution in [0.25, 0.3) is 94.1 Å². The van der Waals surface area contributed by atoms with Crippen LogP contribution in [0.2, 0.25) is 0 Å². The Morgan fingerprint density at radius 3 is 1.50 bits per heavy atom. The summed E-state index contributed by atoms with van der Waals surface area (Å²) in [6.07, 6.45) is 0. The van der Waals surface area contributed by atoms with Gasteiger partial charge in [-0.25, -0.2) is 4.98 Å². The van der Waals surface area contributed by atoms with E-state index in [1.54, 1.807) is 0 Å². The summed E-state index contributed by atoms with van der Waals surface area (Å²) < 4.78 is 9.54. The van der Waals surface area contributed by atoms with Crippen molar-refractivity contribution in [1.82, 2.24) is 9.55 Å². The van der Waals surface area contributed by atoms with Gasteiger partial charge in [-0.2, -0.15) is 0 Å². The lowest BCUT2D eigenvalue weighted by Crippen LogP contribution is -2.75. The molecular formula is C60H40N2OSi. The minimum absolute atomic E-state index is 0.826. The summed E-state index contributed by atoms with van der Waals surface area (Å²) >= 11 is 0. The predicted octanol–water partition coefficient (Wildman–Crippen LogP) is 12.7. The zero-order valence-corrected chi connectivity index (χ0v) is 36.2. The summed E-state index contributed by atoms with van der Waals surface area (Å²) in [4.78, 5) is 6.05. The van der Waals surface area contributed by atoms with Gasteiger partial charge in [0.05, 0.1) is 16.4 Å². The van der Waals surface area contributed by atoms with E-state index in [2.05, 4.69) is 236 Å². The second kappa shape index (κ2) is 14.2. The quantitative estimate of drug-likeness (QED) is 0.128. The van der Waals surface area contributed by atoms with E-state index < -0.39 is 8.07 Å². The molecule has 9 aromatic carbocycles. The Kier molecular flexibility index (Phi) is 8.14. The number of rotatable bonds is 5. The van der Waals surface area contributed by atoms with Crippen molar-refractivity contribution in [2.75, 3.05) is 0 Å². The maximum atomic E-state index is 7.17. The molecule has 0 fully saturated rings. The van der Waals surface area contributed by atoms with Crippen LogP contribution >= 0.6 is 0 Å². The third-order valence-corrected chi connectivity index (χ3v) is 18.2. The fourth-order valence-electron chi connectivity index (χ4n) is 10.8. The van der Waals surface area contributed by atoms with E-state index >= 15 is 0 Å². The number of fused-ring (bicyclic) bond motifs is 14. The highest BCUT2D eigenvalue weighted by atomic mass is 28.3. The first-order valence-electron chi connectivity index (χ1n) is 22.0. The fraction of sp³-hybridized carbons (Fsp3) is 0.0167. The molecule has 3 nitrogen and oxygen atoms in total. The second-order valence-corrected chi connectivity index (χ2v) is 20.8. The van der Waals surface area contributed by atoms with Crippen molar-refractivity contribution in [3.8, 4) is 50.3 Å². The second-order valence-electron chi connectivity index (χ2n) is 17.1. The van der Waals surface area contributed by atoms with Crippen molar-refractivity contribution in [3.05, 3.63) is 230 Å². The number of aryl methyl sites for hydroxylation is 1. The summed E-state index contributed by atoms with van der Waals surface area (Å²) in [5.74, 6) is 0.870. The van der Waals surface area contributed by atoms with Crippen LogP contribution in [0.15, 0.2) is 229 Å². The molecule has 0 bridgehead atoms. The molecule has 0 radical (unpaired) electrons. The van der Waals surface area contributed by atoms with Gasteiger partial charge in [0.15, 0.2) is 5.58 Å². The number of hydrogen-bond donors (Lipinski definition) is 0. The molecule has 4 heteroatoms. The largest absolute Gasteiger partial charge is 0.455 e. The van der Waals surface area contributed by atoms with Gasteiger partial charge >= 0.3 is 0 Å². The van der Waals surface area contributed by atoms with Crippen LogP contribution in [-0.2, 0) is 0 Å². The predicted molar refractivity (Wildman–Crippen MR) is 270 cm³/mol. The maximum absolute atomic E-state index is 7.17. The molecule has 3 heterocycles. The Labute approximate surface area is 372 Å². The van der Waals surface area contributed by atoms with Gasteiger partial charge in [-0.1, -0.05) is 200 Å². The van der Waals surface area contributed by atoms with E-state index in [-0.39, 0.29) is 0 Å². The van der Waals surface area contributed by atoms with E-state index in [4.69, 9.17) is 9.40 Å². The molecule has 0 unspecified atom stereocenters. The lowest BCUT2D eigenvalue weighted by molar-refractivity contribution is 0.669. The molecule has 3 aromatic heterocycles. The van der Waals surface area contributed by atoms with Gasteiger partial charge < -0.3 is 4.42 Å². The molecular weight excluding hydrogens is 793 g/mol. The first-order valence-corrected chi connectivity index (χ1v) is 24.0. The van der Waals surface area contributed by atoms with Gasteiger partial charge in [-0.05, 0) is 97.3 Å². The molecule has 0 atom stereocenters. The molecule has 0 aliphatic heterocycles. The van der Waals surface area contributed by atoms with Gasteiger partial charge in [0.2, 0.25) is 8.07 Å². The Morgan fingerprint density at radius 1 is 0.375 bits per heavy atom. The van der Waals surface area contributed by atoms with Crippen LogP contribution in [0.1, 0.15) is 5.56 Å². The van der Waals surface area contributed by atoms with Crippen molar-refractivity contribution in [2.24, 2.45) is 0 Å². The average molecular weight is 833 g/mol. The number of para-hydroxylation sites is 2. The van der Waals surface area contributed by atoms with E-state index in [1.165, 1.54) is 76.4 Å². The fourth-order valence-corrected chi connectivity index (χ4v) is 15.5. The molecule has 0 spiro atoms. The van der Waals surface area contributed by atoms with Crippen LogP contribution in [0.5, 0.6) is 0 Å². The smallest absolute Gasteiger partial charge is 0.207 e. The lowest BCUT2D eigenvalue weighted by Gasteiger charge is -2.34. The van der Waals surface area contributed by atoms with E-state index in [9.17, 15) is 0 Å². The Hall–Kier alpha value is -8.05. The summed E-state index contributed by atoms with van der Waals surface area (Å²) in [6, 6.07) is 82.5. The van der Waals surface area contributed by atoms with Gasteiger partial charge in [0, 0.05) is 21.5 Å². The van der Waals surface area contributed by atoms with Gasteiger partial charge in [0.25, 0.3) is 0 Å². The van der Waals surface area contributed by atoms with Crippen LogP contribution in [-0.4, -0.2) is 17.6 Å². The molecule has 1 aliphatic carbocycles. The normalized spacial score (nSPS) is 12.1. The van der Waals surface area contributed by atoms with Crippen molar-refractivity contribution >= 4 is 72.7 Å². The summed E-state index contributed by atoms with van der Waals surface area (Å²) in [5, 5.41) is 9.22. The molecule has 0 saturated heterocycles. The molecule has 64 heavy (non-hydrogen) atoms. The van der Waals surface area contributed by atoms with Gasteiger partial charge in [0.1, 0.15) is 11.4 Å². The minimum atomic E-state index is -3.41. The Morgan fingerprint density at radius 2 is 0.875 bits per heavy atom. The molecule has 0 amide bonds. The third-order valence-electron chi connectivity index (χ3n) is 13.6. The monoisotopic (exact) mass is 832 g/mol.